The molecule has 6 nitrogen and oxygen atoms in total. The summed E-state index contributed by atoms with van der Waals surface area (Å²) in [6, 6.07) is 9.70. The molecule has 0 aliphatic rings. The molecule has 2 aromatic heterocycles. The Bertz CT molecular complexity index is 980. The Kier molecular flexibility index (Phi) is 4.18. The van der Waals surface area contributed by atoms with E-state index in [1.165, 1.54) is 22.9 Å². The molecule has 3 rings (SSSR count). The topological polar surface area (TPSA) is 88.0 Å². The molecule has 7 heteroatoms. The molecule has 24 heavy (non-hydrogen) atoms. The van der Waals surface area contributed by atoms with E-state index in [4.69, 9.17) is 0 Å². The zero-order valence-corrected chi connectivity index (χ0v) is 13.9. The van der Waals surface area contributed by atoms with E-state index < -0.39 is 5.56 Å². The first-order chi connectivity index (χ1) is 11.5. The van der Waals surface area contributed by atoms with E-state index >= 15 is 0 Å². The van der Waals surface area contributed by atoms with Crippen LogP contribution in [0.25, 0.3) is 22.1 Å². The number of hydrogen-bond donors (Lipinski definition) is 2. The first kappa shape index (κ1) is 15.9. The number of rotatable bonds is 4. The highest BCUT2D eigenvalue weighted by Gasteiger charge is 2.18. The van der Waals surface area contributed by atoms with Gasteiger partial charge in [-0.15, -0.1) is 11.3 Å². The summed E-state index contributed by atoms with van der Waals surface area (Å²) in [6.07, 6.45) is 1.03. The lowest BCUT2D eigenvalue weighted by Crippen LogP contribution is -2.07. The van der Waals surface area contributed by atoms with Crippen molar-refractivity contribution in [2.45, 2.75) is 13.8 Å². The highest BCUT2D eigenvalue weighted by molar-refractivity contribution is 7.12. The van der Waals surface area contributed by atoms with E-state index in [9.17, 15) is 14.7 Å². The molecule has 122 valence electrons. The molecule has 0 saturated heterocycles. The second kappa shape index (κ2) is 6.29. The van der Waals surface area contributed by atoms with Crippen molar-refractivity contribution in [3.63, 3.8) is 0 Å². The number of aliphatic hydroxyl groups excluding tert-OH is 1. The van der Waals surface area contributed by atoms with Gasteiger partial charge in [0.15, 0.2) is 5.78 Å². The number of thiazole rings is 1. The van der Waals surface area contributed by atoms with Gasteiger partial charge in [-0.1, -0.05) is 30.3 Å². The molecule has 0 spiro atoms. The average Bonchev–Trinajstić information content (AvgIpc) is 3.12. The molecular weight excluding hydrogens is 326 g/mol. The van der Waals surface area contributed by atoms with Gasteiger partial charge in [-0.3, -0.25) is 14.7 Å². The van der Waals surface area contributed by atoms with Crippen LogP contribution >= 0.6 is 11.3 Å². The van der Waals surface area contributed by atoms with E-state index in [0.717, 1.165) is 17.3 Å². The maximum Gasteiger partial charge on any atom is 0.275 e. The monoisotopic (exact) mass is 341 g/mol. The van der Waals surface area contributed by atoms with Crippen LogP contribution in [-0.4, -0.2) is 25.7 Å². The maximum atomic E-state index is 12.1. The Balaban J connectivity index is 2.05. The van der Waals surface area contributed by atoms with Gasteiger partial charge in [0.2, 0.25) is 5.13 Å². The summed E-state index contributed by atoms with van der Waals surface area (Å²) in [5.41, 5.74) is 1.87. The van der Waals surface area contributed by atoms with Crippen molar-refractivity contribution >= 4 is 22.9 Å². The van der Waals surface area contributed by atoms with Crippen LogP contribution in [0.2, 0.25) is 0 Å². The Labute approximate surface area is 141 Å². The van der Waals surface area contributed by atoms with E-state index in [1.807, 2.05) is 35.7 Å². The Morgan fingerprint density at radius 2 is 2.04 bits per heavy atom. The molecule has 0 aliphatic heterocycles. The van der Waals surface area contributed by atoms with Crippen molar-refractivity contribution in [1.82, 2.24) is 14.8 Å². The van der Waals surface area contributed by atoms with Gasteiger partial charge in [0.05, 0.1) is 11.4 Å². The second-order valence-electron chi connectivity index (χ2n) is 5.26. The van der Waals surface area contributed by atoms with Crippen LogP contribution in [0.15, 0.2) is 46.6 Å². The number of aromatic amines is 1. The third kappa shape index (κ3) is 2.93. The number of benzene rings is 1. The fraction of sp³-hybridized carbons (Fsp3) is 0.118. The molecule has 0 amide bonds. The maximum absolute atomic E-state index is 12.1. The van der Waals surface area contributed by atoms with Crippen LogP contribution < -0.4 is 5.56 Å². The fourth-order valence-corrected chi connectivity index (χ4v) is 3.23. The van der Waals surface area contributed by atoms with Gasteiger partial charge in [0.1, 0.15) is 11.3 Å². The van der Waals surface area contributed by atoms with E-state index in [-0.39, 0.29) is 17.1 Å². The number of hydrogen-bond acceptors (Lipinski definition) is 5. The van der Waals surface area contributed by atoms with E-state index in [1.54, 1.807) is 6.92 Å². The van der Waals surface area contributed by atoms with Gasteiger partial charge in [-0.05, 0) is 13.8 Å². The predicted molar refractivity (Wildman–Crippen MR) is 93.5 cm³/mol. The van der Waals surface area contributed by atoms with Crippen LogP contribution in [0.3, 0.4) is 0 Å². The average molecular weight is 341 g/mol. The molecule has 0 unspecified atom stereocenters. The second-order valence-corrected chi connectivity index (χ2v) is 6.09. The summed E-state index contributed by atoms with van der Waals surface area (Å²) in [7, 11) is 0. The van der Waals surface area contributed by atoms with E-state index in [0.29, 0.717) is 10.8 Å². The van der Waals surface area contributed by atoms with Crippen LogP contribution in [0, 0.1) is 6.92 Å². The molecule has 0 radical (unpaired) electrons. The number of aliphatic hydroxyl groups is 1. The summed E-state index contributed by atoms with van der Waals surface area (Å²) < 4.78 is 1.51. The highest BCUT2D eigenvalue weighted by atomic mass is 32.1. The number of nitrogens with one attached hydrogen (secondary N) is 1. The molecular formula is C17H15N3O3S. The van der Waals surface area contributed by atoms with Crippen molar-refractivity contribution in [3.05, 3.63) is 63.4 Å². The number of carbonyl (C=O) groups excluding carboxylic acids is 1. The first-order valence-corrected chi connectivity index (χ1v) is 8.10. The lowest BCUT2D eigenvalue weighted by atomic mass is 10.2. The van der Waals surface area contributed by atoms with Crippen LogP contribution in [0.1, 0.15) is 18.2 Å². The minimum absolute atomic E-state index is 0.0710. The van der Waals surface area contributed by atoms with Crippen LogP contribution in [0.5, 0.6) is 0 Å². The van der Waals surface area contributed by atoms with Crippen molar-refractivity contribution in [1.29, 1.82) is 0 Å². The number of nitrogens with zero attached hydrogens (tertiary/aromatic N) is 2. The molecule has 2 N–H and O–H groups in total. The Morgan fingerprint density at radius 1 is 1.33 bits per heavy atom. The lowest BCUT2D eigenvalue weighted by Gasteiger charge is -2.01. The van der Waals surface area contributed by atoms with Crippen LogP contribution in [-0.2, 0) is 4.79 Å². The van der Waals surface area contributed by atoms with Gasteiger partial charge >= 0.3 is 0 Å². The number of ketones is 1. The van der Waals surface area contributed by atoms with Crippen LogP contribution in [0.4, 0.5) is 0 Å². The van der Waals surface area contributed by atoms with Gasteiger partial charge in [-0.2, -0.15) is 0 Å². The standard InChI is InChI=1S/C17H15N3O3S/c1-10(21)8-14(22)15-11(2)20(19-16(15)23)17-18-13(9-24-17)12-6-4-3-5-7-12/h3-9,22H,1-2H3,(H,19,23)/b14-8-. The quantitative estimate of drug-likeness (QED) is 0.564. The molecule has 0 saturated carbocycles. The minimum Gasteiger partial charge on any atom is -0.507 e. The van der Waals surface area contributed by atoms with Gasteiger partial charge < -0.3 is 5.11 Å². The zero-order chi connectivity index (χ0) is 17.3. The molecule has 0 atom stereocenters. The number of carbonyl (C=O) groups is 1. The largest absolute Gasteiger partial charge is 0.507 e. The summed E-state index contributed by atoms with van der Waals surface area (Å²) in [5.74, 6) is -0.681. The summed E-state index contributed by atoms with van der Waals surface area (Å²) in [4.78, 5) is 27.8. The number of aromatic nitrogens is 3. The van der Waals surface area contributed by atoms with Crippen molar-refractivity contribution in [3.8, 4) is 16.4 Å². The summed E-state index contributed by atoms with van der Waals surface area (Å²) in [6.45, 7) is 2.99. The molecule has 3 aromatic rings. The molecule has 2 heterocycles. The highest BCUT2D eigenvalue weighted by Crippen LogP contribution is 2.25. The molecule has 0 aliphatic carbocycles. The zero-order valence-electron chi connectivity index (χ0n) is 13.1. The lowest BCUT2D eigenvalue weighted by molar-refractivity contribution is -0.112. The molecule has 1 aromatic carbocycles. The normalized spacial score (nSPS) is 11.7. The van der Waals surface area contributed by atoms with E-state index in [2.05, 4.69) is 10.1 Å². The first-order valence-electron chi connectivity index (χ1n) is 7.22. The Morgan fingerprint density at radius 3 is 2.71 bits per heavy atom. The van der Waals surface area contributed by atoms with Gasteiger partial charge in [-0.25, -0.2) is 9.67 Å². The van der Waals surface area contributed by atoms with Crippen molar-refractivity contribution in [2.24, 2.45) is 0 Å². The van der Waals surface area contributed by atoms with Gasteiger partial charge in [0, 0.05) is 17.0 Å². The third-order valence-electron chi connectivity index (χ3n) is 3.49. The Hall–Kier alpha value is -2.93. The smallest absolute Gasteiger partial charge is 0.275 e. The summed E-state index contributed by atoms with van der Waals surface area (Å²) >= 11 is 1.37. The fourth-order valence-electron chi connectivity index (χ4n) is 2.38. The third-order valence-corrected chi connectivity index (χ3v) is 4.31. The minimum atomic E-state index is -0.473. The number of H-pyrrole nitrogens is 1. The van der Waals surface area contributed by atoms with Crippen molar-refractivity contribution < 1.29 is 9.90 Å². The van der Waals surface area contributed by atoms with Crippen molar-refractivity contribution in [2.75, 3.05) is 0 Å². The number of allylic oxidation sites excluding steroid dienone is 1. The van der Waals surface area contributed by atoms with Gasteiger partial charge in [0.25, 0.3) is 5.56 Å². The summed E-state index contributed by atoms with van der Waals surface area (Å²) in [5, 5.41) is 15.1. The molecule has 0 bridgehead atoms. The molecule has 0 fully saturated rings. The predicted octanol–water partition coefficient (Wildman–Crippen LogP) is 3.09. The SMILES string of the molecule is CC(=O)/C=C(\O)c1c(C)n(-c2nc(-c3ccccc3)cs2)[nH]c1=O.